The zero-order valence-electron chi connectivity index (χ0n) is 23.2. The lowest BCUT2D eigenvalue weighted by Crippen LogP contribution is -2.29. The number of rotatable bonds is 8. The van der Waals surface area contributed by atoms with Gasteiger partial charge in [0.2, 0.25) is 0 Å². The fraction of sp³-hybridized carbons (Fsp3) is 0.0938. The molecule has 0 spiro atoms. The van der Waals surface area contributed by atoms with E-state index in [1.54, 1.807) is 31.2 Å². The number of carbonyl (C=O) groups excluding carboxylic acids is 2. The summed E-state index contributed by atoms with van der Waals surface area (Å²) in [7, 11) is -3.88. The van der Waals surface area contributed by atoms with Crippen LogP contribution in [0.25, 0.3) is 33.9 Å². The second kappa shape index (κ2) is 12.0. The van der Waals surface area contributed by atoms with Crippen LogP contribution in [0.1, 0.15) is 33.5 Å². The normalized spacial score (nSPS) is 14.3. The number of imidazole rings is 1. The molecule has 1 amide bonds. The lowest BCUT2D eigenvalue weighted by Gasteiger charge is -2.15. The molecule has 1 saturated heterocycles. The summed E-state index contributed by atoms with van der Waals surface area (Å²) < 4.78 is 29.5. The molecule has 3 aromatic carbocycles. The van der Waals surface area contributed by atoms with Gasteiger partial charge >= 0.3 is 10.2 Å². The number of aromatic nitrogens is 2. The highest BCUT2D eigenvalue weighted by molar-refractivity contribution is 7.92. The second-order valence-corrected chi connectivity index (χ2v) is 13.6. The van der Waals surface area contributed by atoms with Crippen molar-refractivity contribution in [2.75, 3.05) is 10.8 Å². The maximum absolute atomic E-state index is 12.2. The smallest absolute Gasteiger partial charge is 0.326 e. The summed E-state index contributed by atoms with van der Waals surface area (Å²) in [6.45, 7) is 1.76. The maximum Gasteiger partial charge on any atom is 0.326 e. The minimum Gasteiger partial charge on any atom is -0.326 e. The van der Waals surface area contributed by atoms with Crippen LogP contribution in [0.5, 0.6) is 0 Å². The van der Waals surface area contributed by atoms with Crippen LogP contribution in [0.2, 0.25) is 10.0 Å². The molecule has 8 nitrogen and oxygen atoms in total. The van der Waals surface area contributed by atoms with Gasteiger partial charge in [-0.05, 0) is 72.2 Å². The topological polar surface area (TPSA) is 101 Å². The summed E-state index contributed by atoms with van der Waals surface area (Å²) in [4.78, 5) is 29.9. The van der Waals surface area contributed by atoms with Gasteiger partial charge in [0, 0.05) is 28.2 Å². The molecule has 0 bridgehead atoms. The van der Waals surface area contributed by atoms with Crippen molar-refractivity contribution in [1.29, 1.82) is 0 Å². The van der Waals surface area contributed by atoms with E-state index in [4.69, 9.17) is 28.2 Å². The van der Waals surface area contributed by atoms with Crippen LogP contribution in [0.15, 0.2) is 85.1 Å². The Kier molecular flexibility index (Phi) is 8.17. The molecule has 44 heavy (non-hydrogen) atoms. The molecule has 0 radical (unpaired) electrons. The van der Waals surface area contributed by atoms with Gasteiger partial charge in [-0.3, -0.25) is 9.59 Å². The van der Waals surface area contributed by atoms with Gasteiger partial charge < -0.3 is 4.57 Å². The van der Waals surface area contributed by atoms with Crippen LogP contribution in [0.3, 0.4) is 0 Å². The first-order chi connectivity index (χ1) is 21.1. The Morgan fingerprint density at radius 3 is 2.39 bits per heavy atom. The van der Waals surface area contributed by atoms with Crippen LogP contribution in [-0.4, -0.2) is 36.2 Å². The van der Waals surface area contributed by atoms with Gasteiger partial charge in [0.15, 0.2) is 5.78 Å². The maximum atomic E-state index is 12.2. The van der Waals surface area contributed by atoms with E-state index in [0.29, 0.717) is 33.8 Å². The summed E-state index contributed by atoms with van der Waals surface area (Å²) >= 11 is 14.1. The predicted octanol–water partition coefficient (Wildman–Crippen LogP) is 7.19. The van der Waals surface area contributed by atoms with Crippen molar-refractivity contribution < 1.29 is 18.0 Å². The third-order valence-electron chi connectivity index (χ3n) is 6.98. The Morgan fingerprint density at radius 2 is 1.75 bits per heavy atom. The molecule has 5 aromatic rings. The molecule has 222 valence electrons. The predicted molar refractivity (Wildman–Crippen MR) is 176 cm³/mol. The SMILES string of the molecule is CC(=O)c1ccc(-c2ccc(C=Cc3nc(-c4ccc(Cl)cc4Cl)cn3Cc3ccc(N4CC(=O)NS4(=O)=O)cc3)cc2)s1. The van der Waals surface area contributed by atoms with Gasteiger partial charge in [0.1, 0.15) is 12.4 Å². The molecule has 1 aliphatic heterocycles. The Morgan fingerprint density at radius 1 is 1.00 bits per heavy atom. The fourth-order valence-electron chi connectivity index (χ4n) is 4.77. The summed E-state index contributed by atoms with van der Waals surface area (Å²) in [5.74, 6) is 0.167. The van der Waals surface area contributed by atoms with Crippen LogP contribution in [0, 0.1) is 0 Å². The number of carbonyl (C=O) groups is 2. The number of hydrogen-bond acceptors (Lipinski definition) is 6. The Balaban J connectivity index is 1.28. The van der Waals surface area contributed by atoms with E-state index in [9.17, 15) is 18.0 Å². The first-order valence-corrected chi connectivity index (χ1v) is 16.4. The third kappa shape index (κ3) is 6.34. The van der Waals surface area contributed by atoms with Crippen molar-refractivity contribution in [3.63, 3.8) is 0 Å². The number of ketones is 1. The number of Topliss-reactive ketones (excluding diaryl/α,β-unsaturated/α-hetero) is 1. The van der Waals surface area contributed by atoms with Gasteiger partial charge in [-0.2, -0.15) is 8.42 Å². The quantitative estimate of drug-likeness (QED) is 0.177. The van der Waals surface area contributed by atoms with Gasteiger partial charge in [-0.25, -0.2) is 14.0 Å². The van der Waals surface area contributed by atoms with Crippen molar-refractivity contribution in [3.05, 3.63) is 117 Å². The molecule has 0 unspecified atom stereocenters. The molecule has 3 heterocycles. The molecule has 1 aliphatic rings. The Hall–Kier alpha value is -4.22. The molecular weight excluding hydrogens is 639 g/mol. The van der Waals surface area contributed by atoms with E-state index in [1.807, 2.05) is 82.2 Å². The van der Waals surface area contributed by atoms with Crippen LogP contribution >= 0.6 is 34.5 Å². The number of anilines is 1. The summed E-state index contributed by atoms with van der Waals surface area (Å²) in [5.41, 5.74) is 4.71. The van der Waals surface area contributed by atoms with Gasteiger partial charge in [-0.1, -0.05) is 65.7 Å². The number of amides is 1. The van der Waals surface area contributed by atoms with Gasteiger partial charge in [0.05, 0.1) is 21.3 Å². The van der Waals surface area contributed by atoms with E-state index in [2.05, 4.69) is 0 Å². The number of nitrogens with zero attached hydrogens (tertiary/aromatic N) is 3. The number of benzene rings is 3. The molecule has 12 heteroatoms. The van der Waals surface area contributed by atoms with E-state index in [-0.39, 0.29) is 12.3 Å². The van der Waals surface area contributed by atoms with Crippen molar-refractivity contribution in [2.45, 2.75) is 13.5 Å². The van der Waals surface area contributed by atoms with Gasteiger partial charge in [0.25, 0.3) is 5.91 Å². The van der Waals surface area contributed by atoms with E-state index >= 15 is 0 Å². The van der Waals surface area contributed by atoms with Crippen molar-refractivity contribution >= 4 is 74.3 Å². The molecule has 0 saturated carbocycles. The highest BCUT2D eigenvalue weighted by Crippen LogP contribution is 2.32. The monoisotopic (exact) mass is 662 g/mol. The molecule has 0 atom stereocenters. The highest BCUT2D eigenvalue weighted by Gasteiger charge is 2.33. The van der Waals surface area contributed by atoms with Crippen LogP contribution < -0.4 is 9.03 Å². The lowest BCUT2D eigenvalue weighted by molar-refractivity contribution is -0.117. The zero-order valence-corrected chi connectivity index (χ0v) is 26.3. The van der Waals surface area contributed by atoms with Crippen LogP contribution in [-0.2, 0) is 21.5 Å². The number of halogens is 2. The van der Waals surface area contributed by atoms with Crippen molar-refractivity contribution in [3.8, 4) is 21.7 Å². The number of hydrogen-bond donors (Lipinski definition) is 1. The largest absolute Gasteiger partial charge is 0.326 e. The summed E-state index contributed by atoms with van der Waals surface area (Å²) in [5, 5.41) is 1.01. The van der Waals surface area contributed by atoms with Crippen molar-refractivity contribution in [2.24, 2.45) is 0 Å². The minimum absolute atomic E-state index is 0.0554. The molecule has 1 fully saturated rings. The Bertz CT molecular complexity index is 2030. The van der Waals surface area contributed by atoms with E-state index in [1.165, 1.54) is 11.3 Å². The van der Waals surface area contributed by atoms with Gasteiger partial charge in [-0.15, -0.1) is 11.3 Å². The number of thiophene rings is 1. The third-order valence-corrected chi connectivity index (χ3v) is 10.2. The van der Waals surface area contributed by atoms with E-state index in [0.717, 1.165) is 36.3 Å². The molecule has 1 N–H and O–H groups in total. The average molecular weight is 664 g/mol. The van der Waals surface area contributed by atoms with Crippen LogP contribution in [0.4, 0.5) is 5.69 Å². The lowest BCUT2D eigenvalue weighted by atomic mass is 10.1. The Labute approximate surface area is 268 Å². The van der Waals surface area contributed by atoms with E-state index < -0.39 is 16.1 Å². The number of nitrogens with one attached hydrogen (secondary N) is 1. The highest BCUT2D eigenvalue weighted by atomic mass is 35.5. The van der Waals surface area contributed by atoms with Crippen molar-refractivity contribution in [1.82, 2.24) is 14.3 Å². The average Bonchev–Trinajstić information content (AvgIpc) is 3.70. The second-order valence-electron chi connectivity index (χ2n) is 10.1. The molecule has 2 aromatic heterocycles. The fourth-order valence-corrected chi connectivity index (χ4v) is 7.33. The molecular formula is C32H24Cl2N4O4S2. The minimum atomic E-state index is -3.88. The summed E-state index contributed by atoms with van der Waals surface area (Å²) in [6.07, 6.45) is 5.79. The first-order valence-electron chi connectivity index (χ1n) is 13.4. The zero-order chi connectivity index (χ0) is 31.0. The first kappa shape index (κ1) is 29.8. The standard InChI is InChI=1S/C32H24Cl2N4O4S2/c1-20(39)29-13-14-30(43-29)23-7-2-21(3-8-23)6-15-31-35-28(26-12-9-24(33)16-27(26)34)18-37(31)17-22-4-10-25(11-5-22)38-19-32(40)36-44(38,41)42/h2-16,18H,17,19H2,1H3,(H,36,40). The molecule has 6 rings (SSSR count). The molecule has 0 aliphatic carbocycles. The summed E-state index contributed by atoms with van der Waals surface area (Å²) in [6, 6.07) is 24.1.